The van der Waals surface area contributed by atoms with Crippen molar-refractivity contribution in [2.24, 2.45) is 5.73 Å². The van der Waals surface area contributed by atoms with Gasteiger partial charge in [0.25, 0.3) is 5.91 Å². The number of aliphatic hydroxyl groups excluding tert-OH is 1. The number of anilines is 2. The van der Waals surface area contributed by atoms with Gasteiger partial charge in [0.1, 0.15) is 38.5 Å². The van der Waals surface area contributed by atoms with Crippen LogP contribution in [0.1, 0.15) is 15.2 Å². The number of aromatic nitrogens is 1. The lowest BCUT2D eigenvalue weighted by Gasteiger charge is -2.11. The van der Waals surface area contributed by atoms with Gasteiger partial charge in [-0.25, -0.2) is 4.98 Å². The molecule has 0 saturated heterocycles. The highest BCUT2D eigenvalue weighted by Gasteiger charge is 2.25. The van der Waals surface area contributed by atoms with Gasteiger partial charge < -0.3 is 26.3 Å². The number of carbonyl (C=O) groups is 1. The number of para-hydroxylation sites is 1. The lowest BCUT2D eigenvalue weighted by molar-refractivity contribution is 0.100. The van der Waals surface area contributed by atoms with Gasteiger partial charge in [-0.1, -0.05) is 18.2 Å². The molecule has 4 aromatic rings. The number of nitrogens with two attached hydrogens (primary N) is 2. The van der Waals surface area contributed by atoms with E-state index < -0.39 is 5.91 Å². The Balaban J connectivity index is 2.11. The van der Waals surface area contributed by atoms with E-state index in [1.807, 2.05) is 30.3 Å². The molecule has 0 fully saturated rings. The summed E-state index contributed by atoms with van der Waals surface area (Å²) in [5.41, 5.74) is 13.1. The number of pyridine rings is 1. The molecule has 0 saturated carbocycles. The summed E-state index contributed by atoms with van der Waals surface area (Å²) in [4.78, 5) is 16.8. The van der Waals surface area contributed by atoms with Crippen LogP contribution in [0.25, 0.3) is 32.5 Å². The summed E-state index contributed by atoms with van der Waals surface area (Å²) in [7, 11) is 0. The molecule has 0 atom stereocenters. The number of hydrogen-bond donors (Lipinski definition) is 4. The largest absolute Gasteiger partial charge is 0.456 e. The van der Waals surface area contributed by atoms with Crippen molar-refractivity contribution in [2.45, 2.75) is 0 Å². The molecule has 3 heterocycles. The first-order valence-electron chi connectivity index (χ1n) is 8.34. The van der Waals surface area contributed by atoms with Crippen LogP contribution in [0.2, 0.25) is 0 Å². The van der Waals surface area contributed by atoms with E-state index in [2.05, 4.69) is 16.4 Å². The van der Waals surface area contributed by atoms with Crippen LogP contribution in [0.15, 0.2) is 34.7 Å². The van der Waals surface area contributed by atoms with Crippen molar-refractivity contribution in [3.05, 3.63) is 40.8 Å². The molecule has 0 aliphatic carbocycles. The summed E-state index contributed by atoms with van der Waals surface area (Å²) in [5.74, 6) is 0.0360. The van der Waals surface area contributed by atoms with Crippen LogP contribution in [0.5, 0.6) is 0 Å². The summed E-state index contributed by atoms with van der Waals surface area (Å²) < 4.78 is 5.97. The van der Waals surface area contributed by atoms with Gasteiger partial charge in [-0.05, 0) is 12.1 Å². The molecule has 0 aliphatic heterocycles. The Labute approximate surface area is 163 Å². The number of primary amides is 1. The van der Waals surface area contributed by atoms with Crippen LogP contribution >= 0.6 is 11.3 Å². The topological polar surface area (TPSA) is 151 Å². The lowest BCUT2D eigenvalue weighted by Crippen LogP contribution is -2.11. The number of furan rings is 1. The third-order valence-corrected chi connectivity index (χ3v) is 5.40. The maximum absolute atomic E-state index is 11.8. The summed E-state index contributed by atoms with van der Waals surface area (Å²) in [6.07, 6.45) is 0. The molecule has 1 amide bonds. The third kappa shape index (κ3) is 2.72. The molecule has 140 valence electrons. The highest BCUT2D eigenvalue weighted by atomic mass is 32.1. The Bertz CT molecular complexity index is 1240. The zero-order valence-electron chi connectivity index (χ0n) is 14.5. The average Bonchev–Trinajstić information content (AvgIpc) is 3.26. The first kappa shape index (κ1) is 17.8. The predicted molar refractivity (Wildman–Crippen MR) is 108 cm³/mol. The number of nitrogen functional groups attached to an aromatic ring is 1. The second kappa shape index (κ2) is 6.84. The van der Waals surface area contributed by atoms with Crippen LogP contribution < -0.4 is 16.8 Å². The second-order valence-corrected chi connectivity index (χ2v) is 7.01. The van der Waals surface area contributed by atoms with Crippen molar-refractivity contribution in [3.8, 4) is 17.4 Å². The first-order chi connectivity index (χ1) is 13.5. The van der Waals surface area contributed by atoms with E-state index in [1.165, 1.54) is 0 Å². The van der Waals surface area contributed by atoms with Gasteiger partial charge in [0.15, 0.2) is 0 Å². The SMILES string of the molecule is N#Cc1c(NCCO)nc2sc(C(N)=O)c(N)c2c1-c1cc2ccccc2o1. The van der Waals surface area contributed by atoms with E-state index in [9.17, 15) is 10.1 Å². The Hall–Kier alpha value is -3.61. The number of carbonyl (C=O) groups excluding carboxylic acids is 1. The van der Waals surface area contributed by atoms with E-state index in [-0.39, 0.29) is 35.1 Å². The molecule has 0 spiro atoms. The number of amides is 1. The molecule has 0 unspecified atom stereocenters. The van der Waals surface area contributed by atoms with Gasteiger partial charge in [-0.15, -0.1) is 11.3 Å². The monoisotopic (exact) mass is 393 g/mol. The number of rotatable bonds is 5. The fraction of sp³-hybridized carbons (Fsp3) is 0.105. The molecule has 0 bridgehead atoms. The number of thiophene rings is 1. The molecular formula is C19H15N5O3S. The third-order valence-electron chi connectivity index (χ3n) is 4.29. The number of benzene rings is 1. The smallest absolute Gasteiger partial charge is 0.260 e. The summed E-state index contributed by atoms with van der Waals surface area (Å²) >= 11 is 1.05. The van der Waals surface area contributed by atoms with E-state index >= 15 is 0 Å². The van der Waals surface area contributed by atoms with Crippen molar-refractivity contribution in [3.63, 3.8) is 0 Å². The minimum Gasteiger partial charge on any atom is -0.456 e. The molecule has 0 radical (unpaired) electrons. The van der Waals surface area contributed by atoms with Crippen molar-refractivity contribution < 1.29 is 14.3 Å². The molecular weight excluding hydrogens is 378 g/mol. The Kier molecular flexibility index (Phi) is 4.35. The van der Waals surface area contributed by atoms with Crippen LogP contribution in [-0.2, 0) is 0 Å². The average molecular weight is 393 g/mol. The highest BCUT2D eigenvalue weighted by molar-refractivity contribution is 7.21. The normalized spacial score (nSPS) is 11.0. The summed E-state index contributed by atoms with van der Waals surface area (Å²) in [5, 5.41) is 23.2. The van der Waals surface area contributed by atoms with Crippen molar-refractivity contribution >= 4 is 49.9 Å². The minimum atomic E-state index is -0.667. The van der Waals surface area contributed by atoms with Crippen LogP contribution in [-0.4, -0.2) is 29.1 Å². The molecule has 0 aliphatic rings. The summed E-state index contributed by atoms with van der Waals surface area (Å²) in [6.45, 7) is 0.0694. The fourth-order valence-corrected chi connectivity index (χ4v) is 4.06. The van der Waals surface area contributed by atoms with Crippen molar-refractivity contribution in [1.82, 2.24) is 4.98 Å². The Morgan fingerprint density at radius 1 is 1.39 bits per heavy atom. The maximum Gasteiger partial charge on any atom is 0.260 e. The van der Waals surface area contributed by atoms with Gasteiger partial charge in [0, 0.05) is 17.3 Å². The van der Waals surface area contributed by atoms with Gasteiger partial charge in [-0.3, -0.25) is 4.79 Å². The maximum atomic E-state index is 11.8. The van der Waals surface area contributed by atoms with Gasteiger partial charge >= 0.3 is 0 Å². The lowest BCUT2D eigenvalue weighted by atomic mass is 10.0. The second-order valence-electron chi connectivity index (χ2n) is 6.01. The molecule has 28 heavy (non-hydrogen) atoms. The molecule has 4 rings (SSSR count). The van der Waals surface area contributed by atoms with E-state index in [0.717, 1.165) is 16.7 Å². The van der Waals surface area contributed by atoms with Crippen molar-refractivity contribution in [1.29, 1.82) is 5.26 Å². The van der Waals surface area contributed by atoms with Gasteiger partial charge in [0.05, 0.1) is 17.9 Å². The quantitative estimate of drug-likeness (QED) is 0.407. The summed E-state index contributed by atoms with van der Waals surface area (Å²) in [6, 6.07) is 11.4. The molecule has 9 heteroatoms. The number of fused-ring (bicyclic) bond motifs is 2. The number of aliphatic hydroxyl groups is 1. The van der Waals surface area contributed by atoms with Gasteiger partial charge in [-0.2, -0.15) is 5.26 Å². The van der Waals surface area contributed by atoms with Crippen LogP contribution in [0.3, 0.4) is 0 Å². The molecule has 6 N–H and O–H groups in total. The van der Waals surface area contributed by atoms with Gasteiger partial charge in [0.2, 0.25) is 0 Å². The van der Waals surface area contributed by atoms with E-state index in [1.54, 1.807) is 0 Å². The zero-order chi connectivity index (χ0) is 19.8. The number of hydrogen-bond acceptors (Lipinski definition) is 8. The van der Waals surface area contributed by atoms with E-state index in [0.29, 0.717) is 27.1 Å². The van der Waals surface area contributed by atoms with Crippen molar-refractivity contribution in [2.75, 3.05) is 24.2 Å². The zero-order valence-corrected chi connectivity index (χ0v) is 15.3. The highest BCUT2D eigenvalue weighted by Crippen LogP contribution is 2.44. The molecule has 8 nitrogen and oxygen atoms in total. The first-order valence-corrected chi connectivity index (χ1v) is 9.16. The standard InChI is InChI=1S/C19H15N5O3S/c20-8-10-13(12-7-9-3-1-2-4-11(9)27-12)14-15(21)16(17(22)26)28-19(14)24-18(10)23-5-6-25/h1-4,7,25H,5-6,21H2,(H2,22,26)(H,23,24). The fourth-order valence-electron chi connectivity index (χ4n) is 3.10. The molecule has 3 aromatic heterocycles. The molecule has 1 aromatic carbocycles. The van der Waals surface area contributed by atoms with E-state index in [4.69, 9.17) is 21.0 Å². The number of nitrogens with one attached hydrogen (secondary N) is 1. The van der Waals surface area contributed by atoms with Crippen LogP contribution in [0, 0.1) is 11.3 Å². The predicted octanol–water partition coefficient (Wildman–Crippen LogP) is 2.67. The van der Waals surface area contributed by atoms with Crippen LogP contribution in [0.4, 0.5) is 11.5 Å². The Morgan fingerprint density at radius 3 is 2.86 bits per heavy atom. The number of nitriles is 1. The minimum absolute atomic E-state index is 0.135. The Morgan fingerprint density at radius 2 is 2.18 bits per heavy atom. The number of nitrogens with zero attached hydrogens (tertiary/aromatic N) is 2.